The number of esters is 1. The van der Waals surface area contributed by atoms with Crippen LogP contribution in [0.1, 0.15) is 37.4 Å². The minimum Gasteiger partial charge on any atom is -0.494 e. The van der Waals surface area contributed by atoms with Crippen LogP contribution in [0.4, 0.5) is 10.7 Å². The van der Waals surface area contributed by atoms with E-state index in [9.17, 15) is 14.4 Å². The summed E-state index contributed by atoms with van der Waals surface area (Å²) in [5, 5.41) is 7.75. The summed E-state index contributed by atoms with van der Waals surface area (Å²) in [6.07, 6.45) is 0.183. The van der Waals surface area contributed by atoms with Crippen LogP contribution in [0.25, 0.3) is 0 Å². The molecule has 0 atom stereocenters. The van der Waals surface area contributed by atoms with E-state index in [4.69, 9.17) is 9.47 Å². The second-order valence-corrected chi connectivity index (χ2v) is 8.52. The maximum Gasteiger partial charge on any atom is 0.341 e. The van der Waals surface area contributed by atoms with Gasteiger partial charge < -0.3 is 20.1 Å². The van der Waals surface area contributed by atoms with Gasteiger partial charge in [0.1, 0.15) is 10.8 Å². The number of rotatable bonds is 8. The Kier molecular flexibility index (Phi) is 7.43. The van der Waals surface area contributed by atoms with Gasteiger partial charge in [0, 0.05) is 10.6 Å². The Morgan fingerprint density at radius 2 is 1.81 bits per heavy atom. The van der Waals surface area contributed by atoms with E-state index in [0.717, 1.165) is 16.2 Å². The van der Waals surface area contributed by atoms with Crippen molar-refractivity contribution < 1.29 is 23.9 Å². The van der Waals surface area contributed by atoms with Crippen molar-refractivity contribution in [3.05, 3.63) is 62.7 Å². The van der Waals surface area contributed by atoms with Gasteiger partial charge in [-0.1, -0.05) is 6.07 Å². The number of benzene rings is 1. The molecular weight excluding hydrogens is 436 g/mol. The summed E-state index contributed by atoms with van der Waals surface area (Å²) < 4.78 is 10.3. The number of carbonyl (C=O) groups excluding carboxylic acids is 3. The van der Waals surface area contributed by atoms with Crippen molar-refractivity contribution in [1.29, 1.82) is 0 Å². The van der Waals surface area contributed by atoms with Crippen molar-refractivity contribution in [1.82, 2.24) is 0 Å². The normalized spacial score (nSPS) is 10.4. The smallest absolute Gasteiger partial charge is 0.341 e. The van der Waals surface area contributed by atoms with Crippen molar-refractivity contribution in [3.8, 4) is 5.75 Å². The first-order valence-electron chi connectivity index (χ1n) is 9.51. The fraction of sp³-hybridized carbons (Fsp3) is 0.227. The van der Waals surface area contributed by atoms with E-state index in [2.05, 4.69) is 10.6 Å². The van der Waals surface area contributed by atoms with Crippen molar-refractivity contribution in [2.75, 3.05) is 24.4 Å². The molecule has 0 saturated heterocycles. The van der Waals surface area contributed by atoms with Gasteiger partial charge >= 0.3 is 5.97 Å². The van der Waals surface area contributed by atoms with Gasteiger partial charge in [-0.05, 0) is 55.1 Å². The van der Waals surface area contributed by atoms with Crippen LogP contribution in [0.2, 0.25) is 0 Å². The number of ether oxygens (including phenoxy) is 2. The number of nitrogens with one attached hydrogen (secondary N) is 2. The molecule has 0 aliphatic carbocycles. The Morgan fingerprint density at radius 1 is 1.06 bits per heavy atom. The number of carbonyl (C=O) groups is 3. The van der Waals surface area contributed by atoms with E-state index in [-0.39, 0.29) is 23.8 Å². The molecular formula is C22H22N2O5S2. The summed E-state index contributed by atoms with van der Waals surface area (Å²) >= 11 is 2.52. The van der Waals surface area contributed by atoms with Gasteiger partial charge in [0.25, 0.3) is 5.91 Å². The molecule has 2 amide bonds. The van der Waals surface area contributed by atoms with E-state index in [1.807, 2.05) is 24.4 Å². The van der Waals surface area contributed by atoms with E-state index < -0.39 is 5.97 Å². The molecule has 31 heavy (non-hydrogen) atoms. The molecule has 2 heterocycles. The standard InChI is InChI=1S/C22H22N2O5S2/c1-4-29-15-9-7-14(8-10-15)23-20(26)19-13(2)18(22(27)28-3)21(31-19)24-17(25)12-16-6-5-11-30-16/h5-11H,4,12H2,1-3H3,(H,23,26)(H,24,25). The zero-order chi connectivity index (χ0) is 22.4. The Balaban J connectivity index is 1.81. The molecule has 2 aromatic heterocycles. The third-order valence-corrected chi connectivity index (χ3v) is 6.42. The topological polar surface area (TPSA) is 93.7 Å². The van der Waals surface area contributed by atoms with Gasteiger partial charge in [-0.25, -0.2) is 4.79 Å². The van der Waals surface area contributed by atoms with Crippen molar-refractivity contribution in [3.63, 3.8) is 0 Å². The van der Waals surface area contributed by atoms with Gasteiger partial charge in [0.15, 0.2) is 0 Å². The molecule has 0 radical (unpaired) electrons. The number of anilines is 2. The number of hydrogen-bond acceptors (Lipinski definition) is 7. The predicted octanol–water partition coefficient (Wildman–Crippen LogP) is 4.74. The van der Waals surface area contributed by atoms with Gasteiger partial charge in [-0.2, -0.15) is 0 Å². The van der Waals surface area contributed by atoms with Crippen LogP contribution in [0, 0.1) is 6.92 Å². The molecule has 3 aromatic rings. The molecule has 0 unspecified atom stereocenters. The zero-order valence-electron chi connectivity index (χ0n) is 17.3. The molecule has 0 fully saturated rings. The summed E-state index contributed by atoms with van der Waals surface area (Å²) in [5.74, 6) is -0.556. The maximum atomic E-state index is 12.9. The number of thiophene rings is 2. The van der Waals surface area contributed by atoms with Gasteiger partial charge in [-0.3, -0.25) is 9.59 Å². The van der Waals surface area contributed by atoms with Crippen LogP contribution in [0.3, 0.4) is 0 Å². The van der Waals surface area contributed by atoms with Gasteiger partial charge in [0.2, 0.25) is 5.91 Å². The van der Waals surface area contributed by atoms with E-state index in [1.54, 1.807) is 31.2 Å². The highest BCUT2D eigenvalue weighted by atomic mass is 32.1. The van der Waals surface area contributed by atoms with Crippen LogP contribution >= 0.6 is 22.7 Å². The summed E-state index contributed by atoms with van der Waals surface area (Å²) in [5.41, 5.74) is 1.22. The summed E-state index contributed by atoms with van der Waals surface area (Å²) in [6.45, 7) is 4.10. The molecule has 162 valence electrons. The molecule has 0 saturated carbocycles. The number of amides is 2. The van der Waals surface area contributed by atoms with Gasteiger partial charge in [0.05, 0.1) is 30.6 Å². The quantitative estimate of drug-likeness (QED) is 0.476. The SMILES string of the molecule is CCOc1ccc(NC(=O)c2sc(NC(=O)Cc3cccs3)c(C(=O)OC)c2C)cc1. The second-order valence-electron chi connectivity index (χ2n) is 6.47. The Morgan fingerprint density at radius 3 is 2.42 bits per heavy atom. The fourth-order valence-electron chi connectivity index (χ4n) is 2.90. The first kappa shape index (κ1) is 22.5. The van der Waals surface area contributed by atoms with Crippen LogP contribution in [0.5, 0.6) is 5.75 Å². The lowest BCUT2D eigenvalue weighted by molar-refractivity contribution is -0.115. The number of methoxy groups -OCH3 is 1. The molecule has 0 spiro atoms. The maximum absolute atomic E-state index is 12.9. The lowest BCUT2D eigenvalue weighted by Crippen LogP contribution is -2.15. The van der Waals surface area contributed by atoms with E-state index in [1.165, 1.54) is 18.4 Å². The Hall–Kier alpha value is -3.17. The average Bonchev–Trinajstić information content (AvgIpc) is 3.36. The predicted molar refractivity (Wildman–Crippen MR) is 123 cm³/mol. The summed E-state index contributed by atoms with van der Waals surface area (Å²) in [7, 11) is 1.26. The molecule has 2 N–H and O–H groups in total. The van der Waals surface area contributed by atoms with Crippen LogP contribution in [-0.4, -0.2) is 31.5 Å². The Bertz CT molecular complexity index is 1070. The van der Waals surface area contributed by atoms with Crippen LogP contribution in [0.15, 0.2) is 41.8 Å². The highest BCUT2D eigenvalue weighted by Gasteiger charge is 2.26. The average molecular weight is 459 g/mol. The van der Waals surface area contributed by atoms with Crippen molar-refractivity contribution in [2.45, 2.75) is 20.3 Å². The zero-order valence-corrected chi connectivity index (χ0v) is 18.9. The summed E-state index contributed by atoms with van der Waals surface area (Å²) in [4.78, 5) is 38.9. The minimum absolute atomic E-state index is 0.183. The third-order valence-electron chi connectivity index (χ3n) is 4.33. The fourth-order valence-corrected chi connectivity index (χ4v) is 4.71. The van der Waals surface area contributed by atoms with Crippen LogP contribution < -0.4 is 15.4 Å². The van der Waals surface area contributed by atoms with E-state index >= 15 is 0 Å². The largest absolute Gasteiger partial charge is 0.494 e. The summed E-state index contributed by atoms with van der Waals surface area (Å²) in [6, 6.07) is 10.7. The monoisotopic (exact) mass is 458 g/mol. The highest BCUT2D eigenvalue weighted by Crippen LogP contribution is 2.34. The first-order valence-corrected chi connectivity index (χ1v) is 11.2. The molecule has 0 aliphatic rings. The van der Waals surface area contributed by atoms with Crippen molar-refractivity contribution in [2.24, 2.45) is 0 Å². The Labute approximate surface area is 188 Å². The first-order chi connectivity index (χ1) is 14.9. The third kappa shape index (κ3) is 5.50. The minimum atomic E-state index is -0.611. The van der Waals surface area contributed by atoms with Crippen LogP contribution in [-0.2, 0) is 16.0 Å². The van der Waals surface area contributed by atoms with Gasteiger partial charge in [-0.15, -0.1) is 22.7 Å². The molecule has 1 aromatic carbocycles. The molecule has 9 heteroatoms. The number of hydrogen-bond donors (Lipinski definition) is 2. The molecule has 7 nitrogen and oxygen atoms in total. The second kappa shape index (κ2) is 10.2. The lowest BCUT2D eigenvalue weighted by Gasteiger charge is -2.07. The molecule has 0 aliphatic heterocycles. The van der Waals surface area contributed by atoms with Crippen molar-refractivity contribution >= 4 is 51.1 Å². The van der Waals surface area contributed by atoms with E-state index in [0.29, 0.717) is 33.5 Å². The molecule has 0 bridgehead atoms. The highest BCUT2D eigenvalue weighted by molar-refractivity contribution is 7.19. The lowest BCUT2D eigenvalue weighted by atomic mass is 10.1. The molecule has 3 rings (SSSR count).